The summed E-state index contributed by atoms with van der Waals surface area (Å²) in [4.78, 5) is 23.7. The first kappa shape index (κ1) is 9.46. The van der Waals surface area contributed by atoms with Gasteiger partial charge in [0, 0.05) is 17.7 Å². The van der Waals surface area contributed by atoms with Crippen LogP contribution in [-0.4, -0.2) is 16.8 Å². The lowest BCUT2D eigenvalue weighted by atomic mass is 10.3. The summed E-state index contributed by atoms with van der Waals surface area (Å²) in [6, 6.07) is 9.58. The van der Waals surface area contributed by atoms with E-state index < -0.39 is 5.25 Å². The van der Waals surface area contributed by atoms with E-state index in [-0.39, 0.29) is 11.6 Å². The molecule has 0 radical (unpaired) electrons. The van der Waals surface area contributed by atoms with Crippen LogP contribution in [0.1, 0.15) is 12.8 Å². The molecule has 1 fully saturated rings. The maximum Gasteiger partial charge on any atom is 0.154 e. The number of ketones is 2. The van der Waals surface area contributed by atoms with Crippen molar-refractivity contribution in [2.45, 2.75) is 23.0 Å². The van der Waals surface area contributed by atoms with Crippen LogP contribution in [-0.2, 0) is 9.59 Å². The van der Waals surface area contributed by atoms with E-state index in [1.54, 1.807) is 0 Å². The van der Waals surface area contributed by atoms with Gasteiger partial charge in [-0.2, -0.15) is 0 Å². The molecule has 3 heteroatoms. The molecule has 2 nitrogen and oxygen atoms in total. The largest absolute Gasteiger partial charge is 0.298 e. The van der Waals surface area contributed by atoms with Gasteiger partial charge in [0.2, 0.25) is 0 Å². The zero-order chi connectivity index (χ0) is 9.97. The van der Waals surface area contributed by atoms with Crippen molar-refractivity contribution in [3.63, 3.8) is 0 Å². The number of benzene rings is 1. The fourth-order valence-corrected chi connectivity index (χ4v) is 2.54. The molecule has 0 aliphatic heterocycles. The Morgan fingerprint density at radius 3 is 2.14 bits per heavy atom. The summed E-state index contributed by atoms with van der Waals surface area (Å²) in [5.74, 6) is 0.146. The van der Waals surface area contributed by atoms with Crippen LogP contribution in [0, 0.1) is 0 Å². The van der Waals surface area contributed by atoms with Gasteiger partial charge < -0.3 is 0 Å². The monoisotopic (exact) mass is 206 g/mol. The molecule has 0 bridgehead atoms. The van der Waals surface area contributed by atoms with Crippen LogP contribution in [0.15, 0.2) is 35.2 Å². The van der Waals surface area contributed by atoms with Crippen LogP contribution in [0.2, 0.25) is 0 Å². The minimum atomic E-state index is -0.447. The van der Waals surface area contributed by atoms with E-state index in [0.29, 0.717) is 12.8 Å². The second-order valence-electron chi connectivity index (χ2n) is 3.24. The fraction of sp³-hybridized carbons (Fsp3) is 0.273. The lowest BCUT2D eigenvalue weighted by Crippen LogP contribution is -2.16. The first-order valence-corrected chi connectivity index (χ1v) is 5.42. The topological polar surface area (TPSA) is 34.1 Å². The Labute approximate surface area is 86.7 Å². The van der Waals surface area contributed by atoms with Crippen LogP contribution < -0.4 is 0 Å². The number of carbonyl (C=O) groups excluding carboxylic acids is 2. The average Bonchev–Trinajstić information content (AvgIpc) is 2.51. The Balaban J connectivity index is 2.11. The molecule has 2 rings (SSSR count). The van der Waals surface area contributed by atoms with E-state index >= 15 is 0 Å². The molecule has 0 N–H and O–H groups in total. The molecule has 0 saturated heterocycles. The molecule has 14 heavy (non-hydrogen) atoms. The van der Waals surface area contributed by atoms with Gasteiger partial charge in [-0.15, -0.1) is 11.8 Å². The third-order valence-electron chi connectivity index (χ3n) is 2.20. The molecule has 1 aromatic rings. The van der Waals surface area contributed by atoms with Crippen molar-refractivity contribution < 1.29 is 9.59 Å². The van der Waals surface area contributed by atoms with Crippen molar-refractivity contribution >= 4 is 23.3 Å². The highest BCUT2D eigenvalue weighted by molar-refractivity contribution is 8.01. The predicted molar refractivity (Wildman–Crippen MR) is 55.3 cm³/mol. The maximum absolute atomic E-state index is 11.3. The molecule has 1 saturated carbocycles. The second kappa shape index (κ2) is 3.96. The van der Waals surface area contributed by atoms with E-state index in [2.05, 4.69) is 0 Å². The summed E-state index contributed by atoms with van der Waals surface area (Å²) in [6.07, 6.45) is 0.840. The van der Waals surface area contributed by atoms with Gasteiger partial charge in [0.05, 0.1) is 0 Å². The van der Waals surface area contributed by atoms with Gasteiger partial charge in [-0.3, -0.25) is 9.59 Å². The molecule has 0 heterocycles. The molecule has 0 spiro atoms. The summed E-state index contributed by atoms with van der Waals surface area (Å²) < 4.78 is 0. The first-order chi connectivity index (χ1) is 6.77. The minimum absolute atomic E-state index is 0.0730. The van der Waals surface area contributed by atoms with Gasteiger partial charge in [-0.25, -0.2) is 0 Å². The van der Waals surface area contributed by atoms with E-state index in [1.165, 1.54) is 11.8 Å². The molecular weight excluding hydrogens is 196 g/mol. The third-order valence-corrected chi connectivity index (χ3v) is 3.51. The summed E-state index contributed by atoms with van der Waals surface area (Å²) in [7, 11) is 0. The number of thioether (sulfide) groups is 1. The number of rotatable bonds is 2. The lowest BCUT2D eigenvalue weighted by molar-refractivity contribution is -0.120. The van der Waals surface area contributed by atoms with Gasteiger partial charge in [0.25, 0.3) is 0 Å². The van der Waals surface area contributed by atoms with Crippen molar-refractivity contribution in [3.8, 4) is 0 Å². The van der Waals surface area contributed by atoms with Gasteiger partial charge in [-0.1, -0.05) is 18.2 Å². The smallest absolute Gasteiger partial charge is 0.154 e. The van der Waals surface area contributed by atoms with Gasteiger partial charge in [-0.05, 0) is 12.1 Å². The zero-order valence-electron chi connectivity index (χ0n) is 7.60. The second-order valence-corrected chi connectivity index (χ2v) is 4.42. The maximum atomic E-state index is 11.3. The van der Waals surface area contributed by atoms with Crippen LogP contribution in [0.5, 0.6) is 0 Å². The molecule has 0 aromatic heterocycles. The quantitative estimate of drug-likeness (QED) is 0.695. The fourth-order valence-electron chi connectivity index (χ4n) is 1.45. The van der Waals surface area contributed by atoms with E-state index in [0.717, 1.165) is 4.90 Å². The number of Topliss-reactive ketones (excluding diaryl/α,β-unsaturated/α-hetero) is 2. The third kappa shape index (κ3) is 1.87. The average molecular weight is 206 g/mol. The van der Waals surface area contributed by atoms with Crippen LogP contribution >= 0.6 is 11.8 Å². The van der Waals surface area contributed by atoms with Gasteiger partial charge >= 0.3 is 0 Å². The van der Waals surface area contributed by atoms with Crippen molar-refractivity contribution in [1.29, 1.82) is 0 Å². The molecular formula is C11H10O2S. The van der Waals surface area contributed by atoms with Crippen molar-refractivity contribution in [2.24, 2.45) is 0 Å². The number of hydrogen-bond donors (Lipinski definition) is 0. The van der Waals surface area contributed by atoms with E-state index in [9.17, 15) is 9.59 Å². The summed E-state index contributed by atoms with van der Waals surface area (Å²) in [6.45, 7) is 0. The molecule has 1 aliphatic rings. The Kier molecular flexibility index (Phi) is 2.68. The van der Waals surface area contributed by atoms with Crippen LogP contribution in [0.4, 0.5) is 0 Å². The zero-order valence-corrected chi connectivity index (χ0v) is 8.42. The Bertz CT molecular complexity index is 343. The summed E-state index contributed by atoms with van der Waals surface area (Å²) in [5.41, 5.74) is 0. The number of carbonyl (C=O) groups is 2. The lowest BCUT2D eigenvalue weighted by Gasteiger charge is -2.05. The number of hydrogen-bond acceptors (Lipinski definition) is 3. The molecule has 1 aliphatic carbocycles. The Morgan fingerprint density at radius 2 is 1.57 bits per heavy atom. The van der Waals surface area contributed by atoms with E-state index in [4.69, 9.17) is 0 Å². The Morgan fingerprint density at radius 1 is 1.00 bits per heavy atom. The highest BCUT2D eigenvalue weighted by Gasteiger charge is 2.33. The van der Waals surface area contributed by atoms with Gasteiger partial charge in [0.1, 0.15) is 5.25 Å². The van der Waals surface area contributed by atoms with Crippen molar-refractivity contribution in [2.75, 3.05) is 0 Å². The molecule has 0 unspecified atom stereocenters. The highest BCUT2D eigenvalue weighted by Crippen LogP contribution is 2.29. The van der Waals surface area contributed by atoms with Crippen LogP contribution in [0.25, 0.3) is 0 Å². The standard InChI is InChI=1S/C11H10O2S/c12-9-6-7-10(13)11(9)14-8-4-2-1-3-5-8/h1-5,11H,6-7H2. The molecule has 72 valence electrons. The van der Waals surface area contributed by atoms with Crippen molar-refractivity contribution in [3.05, 3.63) is 30.3 Å². The molecule has 1 aromatic carbocycles. The SMILES string of the molecule is O=C1CCC(=O)C1Sc1ccccc1. The van der Waals surface area contributed by atoms with Crippen LogP contribution in [0.3, 0.4) is 0 Å². The molecule has 0 atom stereocenters. The Hall–Kier alpha value is -1.09. The summed E-state index contributed by atoms with van der Waals surface area (Å²) in [5, 5.41) is -0.447. The first-order valence-electron chi connectivity index (χ1n) is 4.54. The van der Waals surface area contributed by atoms with E-state index in [1.807, 2.05) is 30.3 Å². The van der Waals surface area contributed by atoms with Gasteiger partial charge in [0.15, 0.2) is 11.6 Å². The highest BCUT2D eigenvalue weighted by atomic mass is 32.2. The predicted octanol–water partition coefficient (Wildman–Crippen LogP) is 2.08. The minimum Gasteiger partial charge on any atom is -0.298 e. The molecule has 0 amide bonds. The normalized spacial score (nSPS) is 17.7. The summed E-state index contributed by atoms with van der Waals surface area (Å²) >= 11 is 1.37. The van der Waals surface area contributed by atoms with Crippen molar-refractivity contribution in [1.82, 2.24) is 0 Å².